The molecule has 0 unspecified atom stereocenters. The highest BCUT2D eigenvalue weighted by Crippen LogP contribution is 2.46. The van der Waals surface area contributed by atoms with E-state index in [1.807, 2.05) is 60.7 Å². The Kier molecular flexibility index (Phi) is 5.14. The molecular formula is C31H22. The van der Waals surface area contributed by atoms with Crippen LogP contribution in [-0.2, 0) is 0 Å². The van der Waals surface area contributed by atoms with Crippen molar-refractivity contribution in [2.24, 2.45) is 0 Å². The van der Waals surface area contributed by atoms with E-state index in [-0.39, 0.29) is 0 Å². The summed E-state index contributed by atoms with van der Waals surface area (Å²) in [6.45, 7) is 2.26. The molecule has 1 aliphatic rings. The third-order valence-corrected chi connectivity index (χ3v) is 5.80. The van der Waals surface area contributed by atoms with Crippen molar-refractivity contribution in [3.8, 4) is 34.8 Å². The van der Waals surface area contributed by atoms with E-state index < -0.39 is 0 Å². The van der Waals surface area contributed by atoms with Gasteiger partial charge < -0.3 is 0 Å². The molecule has 31 heavy (non-hydrogen) atoms. The van der Waals surface area contributed by atoms with Gasteiger partial charge in [0.2, 0.25) is 0 Å². The molecular weight excluding hydrogens is 372 g/mol. The molecule has 0 N–H and O–H groups in total. The fourth-order valence-corrected chi connectivity index (χ4v) is 4.29. The molecule has 0 heterocycles. The second kappa shape index (κ2) is 8.39. The van der Waals surface area contributed by atoms with Crippen molar-refractivity contribution in [2.45, 2.75) is 19.3 Å². The summed E-state index contributed by atoms with van der Waals surface area (Å²) < 4.78 is 0. The Labute approximate surface area is 184 Å². The zero-order valence-corrected chi connectivity index (χ0v) is 17.5. The Balaban J connectivity index is 1.48. The number of benzene rings is 4. The standard InChI is InChI=1S/C31H22/c1-2-27-30-21-25(15-13-23-9-5-3-6-10-23)17-19-28(30)29-20-18-26(22-31(27)29)16-14-24-11-7-4-8-12-24/h3-12,17-22,27H,2H2,1H3. The van der Waals surface area contributed by atoms with Gasteiger partial charge in [0.15, 0.2) is 0 Å². The zero-order valence-electron chi connectivity index (χ0n) is 17.5. The largest absolute Gasteiger partial charge is 0.0645 e. The van der Waals surface area contributed by atoms with Crippen molar-refractivity contribution in [2.75, 3.05) is 0 Å². The third-order valence-electron chi connectivity index (χ3n) is 5.80. The fraction of sp³-hybridized carbons (Fsp3) is 0.0968. The van der Waals surface area contributed by atoms with Gasteiger partial charge in [-0.15, -0.1) is 0 Å². The molecule has 0 radical (unpaired) electrons. The van der Waals surface area contributed by atoms with Gasteiger partial charge in [-0.3, -0.25) is 0 Å². The topological polar surface area (TPSA) is 0 Å². The van der Waals surface area contributed by atoms with Gasteiger partial charge in [-0.1, -0.05) is 79.1 Å². The molecule has 0 saturated carbocycles. The number of rotatable bonds is 1. The van der Waals surface area contributed by atoms with Gasteiger partial charge in [0.25, 0.3) is 0 Å². The minimum Gasteiger partial charge on any atom is -0.0645 e. The van der Waals surface area contributed by atoms with Gasteiger partial charge in [-0.05, 0) is 77.2 Å². The summed E-state index contributed by atoms with van der Waals surface area (Å²) in [5.41, 5.74) is 9.64. The molecule has 4 aromatic carbocycles. The van der Waals surface area contributed by atoms with Crippen LogP contribution in [0.4, 0.5) is 0 Å². The van der Waals surface area contributed by atoms with Gasteiger partial charge >= 0.3 is 0 Å². The van der Waals surface area contributed by atoms with Crippen LogP contribution in [0.2, 0.25) is 0 Å². The first-order valence-electron chi connectivity index (χ1n) is 10.7. The molecule has 0 fully saturated rings. The van der Waals surface area contributed by atoms with Crippen molar-refractivity contribution in [3.63, 3.8) is 0 Å². The SMILES string of the molecule is CCC1c2cc(C#Cc3ccccc3)ccc2-c2ccc(C#Cc3ccccc3)cc21. The van der Waals surface area contributed by atoms with Crippen LogP contribution in [0, 0.1) is 23.7 Å². The molecule has 0 heteroatoms. The molecule has 0 atom stereocenters. The Hall–Kier alpha value is -4.00. The second-order valence-corrected chi connectivity index (χ2v) is 7.80. The Bertz CT molecular complexity index is 1250. The van der Waals surface area contributed by atoms with Crippen LogP contribution in [0.15, 0.2) is 97.1 Å². The Morgan fingerprint density at radius 3 is 1.35 bits per heavy atom. The van der Waals surface area contributed by atoms with Crippen molar-refractivity contribution in [1.82, 2.24) is 0 Å². The van der Waals surface area contributed by atoms with Crippen molar-refractivity contribution in [3.05, 3.63) is 130 Å². The first-order valence-corrected chi connectivity index (χ1v) is 10.7. The lowest BCUT2D eigenvalue weighted by Crippen LogP contribution is -1.95. The summed E-state index contributed by atoms with van der Waals surface area (Å²) >= 11 is 0. The van der Waals surface area contributed by atoms with Gasteiger partial charge in [0.05, 0.1) is 0 Å². The molecule has 0 amide bonds. The van der Waals surface area contributed by atoms with E-state index in [0.717, 1.165) is 28.7 Å². The normalized spacial score (nSPS) is 11.5. The predicted molar refractivity (Wildman–Crippen MR) is 129 cm³/mol. The molecule has 0 bridgehead atoms. The molecule has 5 rings (SSSR count). The molecule has 0 aromatic heterocycles. The molecule has 0 nitrogen and oxygen atoms in total. The maximum atomic E-state index is 3.34. The predicted octanol–water partition coefficient (Wildman–Crippen LogP) is 7.01. The molecule has 4 aromatic rings. The molecule has 0 spiro atoms. The van der Waals surface area contributed by atoms with E-state index >= 15 is 0 Å². The summed E-state index contributed by atoms with van der Waals surface area (Å²) in [5, 5.41) is 0. The highest BCUT2D eigenvalue weighted by Gasteiger charge is 2.27. The van der Waals surface area contributed by atoms with Gasteiger partial charge in [0.1, 0.15) is 0 Å². The number of fused-ring (bicyclic) bond motifs is 3. The van der Waals surface area contributed by atoms with Crippen LogP contribution in [0.25, 0.3) is 11.1 Å². The van der Waals surface area contributed by atoms with Crippen LogP contribution >= 0.6 is 0 Å². The van der Waals surface area contributed by atoms with Gasteiger partial charge in [0, 0.05) is 28.2 Å². The third kappa shape index (κ3) is 3.90. The van der Waals surface area contributed by atoms with Crippen LogP contribution in [-0.4, -0.2) is 0 Å². The summed E-state index contributed by atoms with van der Waals surface area (Å²) in [4.78, 5) is 0. The first kappa shape index (κ1) is 19.0. The van der Waals surface area contributed by atoms with Gasteiger partial charge in [-0.25, -0.2) is 0 Å². The van der Waals surface area contributed by atoms with Crippen LogP contribution in [0.3, 0.4) is 0 Å². The number of hydrogen-bond acceptors (Lipinski definition) is 0. The smallest absolute Gasteiger partial charge is 0.0252 e. The average molecular weight is 395 g/mol. The maximum absolute atomic E-state index is 3.34. The maximum Gasteiger partial charge on any atom is 0.0252 e. The van der Waals surface area contributed by atoms with E-state index in [9.17, 15) is 0 Å². The van der Waals surface area contributed by atoms with Gasteiger partial charge in [-0.2, -0.15) is 0 Å². The zero-order chi connectivity index (χ0) is 21.0. The van der Waals surface area contributed by atoms with Crippen LogP contribution in [0.5, 0.6) is 0 Å². The number of hydrogen-bond donors (Lipinski definition) is 0. The van der Waals surface area contributed by atoms with E-state index in [2.05, 4.69) is 67.0 Å². The lowest BCUT2D eigenvalue weighted by molar-refractivity contribution is 0.797. The first-order chi connectivity index (χ1) is 15.3. The molecule has 146 valence electrons. The van der Waals surface area contributed by atoms with E-state index in [0.29, 0.717) is 5.92 Å². The summed E-state index contributed by atoms with van der Waals surface area (Å²) in [5.74, 6) is 13.6. The van der Waals surface area contributed by atoms with Crippen LogP contribution in [0.1, 0.15) is 52.6 Å². The van der Waals surface area contributed by atoms with Crippen molar-refractivity contribution < 1.29 is 0 Å². The summed E-state index contributed by atoms with van der Waals surface area (Å²) in [6.07, 6.45) is 1.06. The fourth-order valence-electron chi connectivity index (χ4n) is 4.29. The molecule has 1 aliphatic carbocycles. The summed E-state index contributed by atoms with van der Waals surface area (Å²) in [6, 6.07) is 33.6. The Morgan fingerprint density at radius 1 is 0.516 bits per heavy atom. The average Bonchev–Trinajstić information content (AvgIpc) is 3.14. The quantitative estimate of drug-likeness (QED) is 0.305. The highest BCUT2D eigenvalue weighted by atomic mass is 14.3. The van der Waals surface area contributed by atoms with Crippen LogP contribution < -0.4 is 0 Å². The lowest BCUT2D eigenvalue weighted by atomic mass is 9.92. The lowest BCUT2D eigenvalue weighted by Gasteiger charge is -2.11. The second-order valence-electron chi connectivity index (χ2n) is 7.80. The minimum absolute atomic E-state index is 0.391. The highest BCUT2D eigenvalue weighted by molar-refractivity contribution is 5.80. The van der Waals surface area contributed by atoms with E-state index in [1.54, 1.807) is 0 Å². The molecule has 0 saturated heterocycles. The monoisotopic (exact) mass is 394 g/mol. The molecule has 0 aliphatic heterocycles. The Morgan fingerprint density at radius 2 is 0.935 bits per heavy atom. The minimum atomic E-state index is 0.391. The summed E-state index contributed by atoms with van der Waals surface area (Å²) in [7, 11) is 0. The van der Waals surface area contributed by atoms with E-state index in [1.165, 1.54) is 22.3 Å². The van der Waals surface area contributed by atoms with Crippen molar-refractivity contribution in [1.29, 1.82) is 0 Å². The van der Waals surface area contributed by atoms with E-state index in [4.69, 9.17) is 0 Å². The van der Waals surface area contributed by atoms with Crippen molar-refractivity contribution >= 4 is 0 Å².